The van der Waals surface area contributed by atoms with E-state index in [0.29, 0.717) is 11.6 Å². The summed E-state index contributed by atoms with van der Waals surface area (Å²) in [6, 6.07) is 7.14. The molecule has 7 nitrogen and oxygen atoms in total. The molecule has 2 aromatic heterocycles. The van der Waals surface area contributed by atoms with Crippen LogP contribution in [0.5, 0.6) is 0 Å². The molecule has 0 atom stereocenters. The van der Waals surface area contributed by atoms with E-state index in [-0.39, 0.29) is 0 Å². The largest absolute Gasteiger partial charge is 0.360 e. The molecule has 9 heteroatoms. The van der Waals surface area contributed by atoms with E-state index in [1.165, 1.54) is 11.3 Å². The number of nitrogens with one attached hydrogen (secondary N) is 2. The van der Waals surface area contributed by atoms with Gasteiger partial charge in [0.25, 0.3) is 0 Å². The Hall–Kier alpha value is -2.13. The average Bonchev–Trinajstić information content (AvgIpc) is 3.01. The summed E-state index contributed by atoms with van der Waals surface area (Å²) in [6.07, 6.45) is 2.97. The third-order valence-corrected chi connectivity index (χ3v) is 4.65. The smallest absolute Gasteiger partial charge is 0.229 e. The molecule has 3 rings (SSSR count). The van der Waals surface area contributed by atoms with Crippen molar-refractivity contribution in [2.24, 2.45) is 5.92 Å². The van der Waals surface area contributed by atoms with Gasteiger partial charge in [0.15, 0.2) is 0 Å². The second-order valence-corrected chi connectivity index (χ2v) is 8.69. The number of fused-ring (bicyclic) bond motifs is 1. The molecule has 1 aromatic carbocycles. The van der Waals surface area contributed by atoms with Crippen molar-refractivity contribution in [2.75, 3.05) is 22.8 Å². The van der Waals surface area contributed by atoms with Crippen LogP contribution in [0.4, 0.5) is 10.8 Å². The van der Waals surface area contributed by atoms with Crippen molar-refractivity contribution in [1.82, 2.24) is 14.6 Å². The highest BCUT2D eigenvalue weighted by atomic mass is 32.2. The van der Waals surface area contributed by atoms with E-state index in [4.69, 9.17) is 0 Å². The first kappa shape index (κ1) is 16.7. The van der Waals surface area contributed by atoms with Gasteiger partial charge in [0, 0.05) is 17.8 Å². The van der Waals surface area contributed by atoms with Crippen LogP contribution in [0.2, 0.25) is 0 Å². The van der Waals surface area contributed by atoms with Crippen LogP contribution in [0.3, 0.4) is 0 Å². The molecule has 0 saturated heterocycles. The Balaban J connectivity index is 1.84. The van der Waals surface area contributed by atoms with Gasteiger partial charge in [0.2, 0.25) is 20.1 Å². The quantitative estimate of drug-likeness (QED) is 0.701. The molecule has 0 saturated carbocycles. The van der Waals surface area contributed by atoms with Crippen molar-refractivity contribution in [1.29, 1.82) is 0 Å². The van der Waals surface area contributed by atoms with Crippen molar-refractivity contribution in [3.05, 3.63) is 30.5 Å². The Morgan fingerprint density at radius 2 is 2.12 bits per heavy atom. The summed E-state index contributed by atoms with van der Waals surface area (Å²) < 4.78 is 26.9. The van der Waals surface area contributed by atoms with Gasteiger partial charge in [-0.15, -0.1) is 5.10 Å². The number of nitrogens with zero attached hydrogens (tertiary/aromatic N) is 3. The van der Waals surface area contributed by atoms with Gasteiger partial charge >= 0.3 is 0 Å². The standard InChI is InChI=1S/C15H19N5O2S2/c1-10(2)8-16-14-18-20-9-13(17-15(20)23-14)11-5-4-6-12(7-11)19-24(3,21)22/h4-7,9-10,19H,8H2,1-3H3,(H,16,18). The van der Waals surface area contributed by atoms with Crippen LogP contribution in [0.1, 0.15) is 13.8 Å². The van der Waals surface area contributed by atoms with Gasteiger partial charge in [-0.25, -0.2) is 17.9 Å². The highest BCUT2D eigenvalue weighted by Gasteiger charge is 2.11. The minimum atomic E-state index is -3.30. The van der Waals surface area contributed by atoms with Crippen molar-refractivity contribution in [2.45, 2.75) is 13.8 Å². The van der Waals surface area contributed by atoms with E-state index in [0.717, 1.165) is 34.2 Å². The summed E-state index contributed by atoms with van der Waals surface area (Å²) in [4.78, 5) is 5.36. The van der Waals surface area contributed by atoms with Crippen LogP contribution in [-0.4, -0.2) is 35.8 Å². The number of aromatic nitrogens is 3. The third-order valence-electron chi connectivity index (χ3n) is 3.17. The lowest BCUT2D eigenvalue weighted by atomic mass is 10.1. The Morgan fingerprint density at radius 3 is 2.79 bits per heavy atom. The Morgan fingerprint density at radius 1 is 1.33 bits per heavy atom. The average molecular weight is 365 g/mol. The number of imidazole rings is 1. The second kappa shape index (κ2) is 6.40. The Labute approximate surface area is 144 Å². The van der Waals surface area contributed by atoms with Crippen LogP contribution in [0.15, 0.2) is 30.5 Å². The molecule has 0 unspecified atom stereocenters. The lowest BCUT2D eigenvalue weighted by Gasteiger charge is -2.05. The van der Waals surface area contributed by atoms with Crippen LogP contribution in [0, 0.1) is 5.92 Å². The molecule has 0 aliphatic heterocycles. The molecule has 0 spiro atoms. The van der Waals surface area contributed by atoms with Gasteiger partial charge in [-0.3, -0.25) is 4.72 Å². The fourth-order valence-electron chi connectivity index (χ4n) is 2.16. The normalized spacial score (nSPS) is 12.0. The van der Waals surface area contributed by atoms with Crippen LogP contribution >= 0.6 is 11.3 Å². The van der Waals surface area contributed by atoms with Gasteiger partial charge in [-0.05, 0) is 18.1 Å². The zero-order valence-electron chi connectivity index (χ0n) is 13.6. The molecule has 2 N–H and O–H groups in total. The predicted octanol–water partition coefficient (Wildman–Crippen LogP) is 2.90. The molecule has 0 aliphatic carbocycles. The summed E-state index contributed by atoms with van der Waals surface area (Å²) in [6.45, 7) is 5.14. The molecule has 0 bridgehead atoms. The number of hydrogen-bond donors (Lipinski definition) is 2. The number of rotatable bonds is 6. The number of anilines is 2. The van der Waals surface area contributed by atoms with Crippen molar-refractivity contribution >= 4 is 37.1 Å². The maximum atomic E-state index is 11.3. The fraction of sp³-hybridized carbons (Fsp3) is 0.333. The summed E-state index contributed by atoms with van der Waals surface area (Å²) in [5, 5.41) is 8.58. The molecular weight excluding hydrogens is 346 g/mol. The first-order valence-corrected chi connectivity index (χ1v) is 10.2. The van der Waals surface area contributed by atoms with Gasteiger partial charge in [0.1, 0.15) is 0 Å². The minimum Gasteiger partial charge on any atom is -0.360 e. The number of hydrogen-bond acceptors (Lipinski definition) is 6. The SMILES string of the molecule is CC(C)CNc1nn2cc(-c3cccc(NS(C)(=O)=O)c3)nc2s1. The summed E-state index contributed by atoms with van der Waals surface area (Å²) in [7, 11) is -3.30. The lowest BCUT2D eigenvalue weighted by Crippen LogP contribution is -2.09. The molecule has 2 heterocycles. The predicted molar refractivity (Wildman–Crippen MR) is 98.1 cm³/mol. The lowest BCUT2D eigenvalue weighted by molar-refractivity contribution is 0.607. The van der Waals surface area contributed by atoms with Crippen LogP contribution < -0.4 is 10.0 Å². The van der Waals surface area contributed by atoms with E-state index >= 15 is 0 Å². The summed E-state index contributed by atoms with van der Waals surface area (Å²) >= 11 is 1.49. The highest BCUT2D eigenvalue weighted by molar-refractivity contribution is 7.92. The number of benzene rings is 1. The molecule has 0 amide bonds. The minimum absolute atomic E-state index is 0.513. The summed E-state index contributed by atoms with van der Waals surface area (Å²) in [5.41, 5.74) is 2.10. The van der Waals surface area contributed by atoms with Crippen LogP contribution in [0.25, 0.3) is 16.2 Å². The van der Waals surface area contributed by atoms with E-state index in [1.807, 2.05) is 12.3 Å². The summed E-state index contributed by atoms with van der Waals surface area (Å²) in [5.74, 6) is 0.543. The zero-order chi connectivity index (χ0) is 17.3. The topological polar surface area (TPSA) is 88.4 Å². The first-order valence-electron chi connectivity index (χ1n) is 7.48. The Kier molecular flexibility index (Phi) is 4.46. The molecule has 0 fully saturated rings. The molecule has 3 aromatic rings. The fourth-order valence-corrected chi connectivity index (χ4v) is 3.50. The van der Waals surface area contributed by atoms with E-state index in [1.54, 1.807) is 22.7 Å². The van der Waals surface area contributed by atoms with Gasteiger partial charge in [0.05, 0.1) is 18.1 Å². The highest BCUT2D eigenvalue weighted by Crippen LogP contribution is 2.26. The van der Waals surface area contributed by atoms with Crippen molar-refractivity contribution in [3.63, 3.8) is 0 Å². The molecule has 24 heavy (non-hydrogen) atoms. The van der Waals surface area contributed by atoms with E-state index in [9.17, 15) is 8.42 Å². The third kappa shape index (κ3) is 4.04. The second-order valence-electron chi connectivity index (χ2n) is 5.99. The monoisotopic (exact) mass is 365 g/mol. The Bertz CT molecular complexity index is 928. The molecule has 128 valence electrons. The van der Waals surface area contributed by atoms with Gasteiger partial charge < -0.3 is 5.32 Å². The van der Waals surface area contributed by atoms with E-state index in [2.05, 4.69) is 34.0 Å². The van der Waals surface area contributed by atoms with Crippen molar-refractivity contribution < 1.29 is 8.42 Å². The molecule has 0 aliphatic rings. The van der Waals surface area contributed by atoms with Gasteiger partial charge in [-0.1, -0.05) is 37.3 Å². The van der Waals surface area contributed by atoms with Crippen LogP contribution in [-0.2, 0) is 10.0 Å². The molecule has 0 radical (unpaired) electrons. The zero-order valence-corrected chi connectivity index (χ0v) is 15.3. The number of sulfonamides is 1. The first-order chi connectivity index (χ1) is 11.3. The molecular formula is C15H19N5O2S2. The van der Waals surface area contributed by atoms with Gasteiger partial charge in [-0.2, -0.15) is 0 Å². The van der Waals surface area contributed by atoms with Crippen molar-refractivity contribution in [3.8, 4) is 11.3 Å². The maximum Gasteiger partial charge on any atom is 0.229 e. The van der Waals surface area contributed by atoms with E-state index < -0.39 is 10.0 Å². The maximum absolute atomic E-state index is 11.3.